The van der Waals surface area contributed by atoms with Crippen LogP contribution in [0.5, 0.6) is 0 Å². The second-order valence-electron chi connectivity index (χ2n) is 7.42. The standard InChI is InChI=1S/C19H26N2O.ClH/c1-13-17(9-5-11-20-13)21-18(22)16-12-19(16)10-4-7-14-6-2-3-8-15(14)19;/h2-3,6,8,13,16-17,20H,4-5,7,9-12H2,1H3,(H,21,22);1H. The van der Waals surface area contributed by atoms with Crippen molar-refractivity contribution in [1.29, 1.82) is 0 Å². The summed E-state index contributed by atoms with van der Waals surface area (Å²) in [6, 6.07) is 9.46. The number of benzene rings is 1. The molecule has 4 unspecified atom stereocenters. The minimum atomic E-state index is 0. The predicted octanol–water partition coefficient (Wildman–Crippen LogP) is 2.96. The van der Waals surface area contributed by atoms with Gasteiger partial charge in [0, 0.05) is 23.4 Å². The zero-order chi connectivity index (χ0) is 15.2. The van der Waals surface area contributed by atoms with E-state index in [4.69, 9.17) is 0 Å². The molecule has 4 heteroatoms. The van der Waals surface area contributed by atoms with Gasteiger partial charge >= 0.3 is 0 Å². The molecule has 2 aliphatic carbocycles. The Kier molecular flexibility index (Phi) is 4.70. The lowest BCUT2D eigenvalue weighted by molar-refractivity contribution is -0.123. The van der Waals surface area contributed by atoms with Crippen molar-refractivity contribution in [3.63, 3.8) is 0 Å². The molecule has 0 bridgehead atoms. The maximum atomic E-state index is 12.8. The van der Waals surface area contributed by atoms with E-state index < -0.39 is 0 Å². The van der Waals surface area contributed by atoms with Crippen molar-refractivity contribution in [3.05, 3.63) is 35.4 Å². The summed E-state index contributed by atoms with van der Waals surface area (Å²) in [6.07, 6.45) is 6.90. The third kappa shape index (κ3) is 2.89. The van der Waals surface area contributed by atoms with Gasteiger partial charge in [-0.15, -0.1) is 12.4 Å². The van der Waals surface area contributed by atoms with E-state index >= 15 is 0 Å². The van der Waals surface area contributed by atoms with Crippen LogP contribution in [0.25, 0.3) is 0 Å². The second-order valence-corrected chi connectivity index (χ2v) is 7.42. The van der Waals surface area contributed by atoms with Gasteiger partial charge in [-0.3, -0.25) is 4.79 Å². The van der Waals surface area contributed by atoms with E-state index in [0.717, 1.165) is 25.8 Å². The molecule has 1 aliphatic heterocycles. The SMILES string of the molecule is CC1NCCCC1NC(=O)C1CC12CCCc1ccccc12.Cl. The van der Waals surface area contributed by atoms with E-state index in [1.807, 2.05) is 0 Å². The number of hydrogen-bond donors (Lipinski definition) is 2. The van der Waals surface area contributed by atoms with Crippen molar-refractivity contribution in [2.45, 2.75) is 62.9 Å². The van der Waals surface area contributed by atoms with E-state index in [9.17, 15) is 4.79 Å². The van der Waals surface area contributed by atoms with Crippen molar-refractivity contribution in [2.75, 3.05) is 6.54 Å². The average Bonchev–Trinajstić information content (AvgIpc) is 3.25. The number of nitrogens with one attached hydrogen (secondary N) is 2. The molecular weight excluding hydrogens is 308 g/mol. The molecule has 1 spiro atoms. The largest absolute Gasteiger partial charge is 0.352 e. The van der Waals surface area contributed by atoms with Gasteiger partial charge in [-0.25, -0.2) is 0 Å². The van der Waals surface area contributed by atoms with Gasteiger partial charge in [0.05, 0.1) is 0 Å². The topological polar surface area (TPSA) is 41.1 Å². The minimum Gasteiger partial charge on any atom is -0.352 e. The van der Waals surface area contributed by atoms with Crippen LogP contribution in [0.1, 0.15) is 50.2 Å². The smallest absolute Gasteiger partial charge is 0.224 e. The van der Waals surface area contributed by atoms with Gasteiger partial charge in [0.25, 0.3) is 0 Å². The average molecular weight is 335 g/mol. The van der Waals surface area contributed by atoms with Gasteiger partial charge in [0.15, 0.2) is 0 Å². The number of fused-ring (bicyclic) bond motifs is 2. The van der Waals surface area contributed by atoms with Gasteiger partial charge in [0.2, 0.25) is 5.91 Å². The van der Waals surface area contributed by atoms with Crippen LogP contribution in [0.2, 0.25) is 0 Å². The van der Waals surface area contributed by atoms with Crippen LogP contribution in [0.15, 0.2) is 24.3 Å². The molecule has 0 aromatic heterocycles. The Hall–Kier alpha value is -1.06. The Morgan fingerprint density at radius 2 is 2.13 bits per heavy atom. The van der Waals surface area contributed by atoms with Crippen LogP contribution >= 0.6 is 12.4 Å². The fraction of sp³-hybridized carbons (Fsp3) is 0.632. The molecule has 23 heavy (non-hydrogen) atoms. The van der Waals surface area contributed by atoms with E-state index in [1.165, 1.54) is 30.4 Å². The molecule has 4 rings (SSSR count). The summed E-state index contributed by atoms with van der Waals surface area (Å²) in [4.78, 5) is 12.8. The first-order valence-electron chi connectivity index (χ1n) is 8.83. The molecule has 2 N–H and O–H groups in total. The summed E-state index contributed by atoms with van der Waals surface area (Å²) >= 11 is 0. The highest BCUT2D eigenvalue weighted by molar-refractivity contribution is 5.85. The molecule has 1 saturated heterocycles. The third-order valence-electron chi connectivity index (χ3n) is 6.10. The quantitative estimate of drug-likeness (QED) is 0.873. The summed E-state index contributed by atoms with van der Waals surface area (Å²) < 4.78 is 0. The van der Waals surface area contributed by atoms with Crippen molar-refractivity contribution < 1.29 is 4.79 Å². The fourth-order valence-corrected chi connectivity index (χ4v) is 4.70. The monoisotopic (exact) mass is 334 g/mol. The van der Waals surface area contributed by atoms with Crippen LogP contribution in [0, 0.1) is 5.92 Å². The number of hydrogen-bond acceptors (Lipinski definition) is 2. The Bertz CT molecular complexity index is 590. The lowest BCUT2D eigenvalue weighted by Crippen LogP contribution is -2.52. The Labute approximate surface area is 145 Å². The predicted molar refractivity (Wildman–Crippen MR) is 95.0 cm³/mol. The van der Waals surface area contributed by atoms with Crippen molar-refractivity contribution in [2.24, 2.45) is 5.92 Å². The Balaban J connectivity index is 0.00000156. The van der Waals surface area contributed by atoms with Gasteiger partial charge in [-0.05, 0) is 63.1 Å². The number of carbonyl (C=O) groups is 1. The molecule has 1 saturated carbocycles. The first-order chi connectivity index (χ1) is 10.7. The molecule has 1 amide bonds. The van der Waals surface area contributed by atoms with Gasteiger partial charge in [-0.1, -0.05) is 24.3 Å². The molecular formula is C19H27ClN2O. The zero-order valence-corrected chi connectivity index (χ0v) is 14.6. The van der Waals surface area contributed by atoms with E-state index in [1.54, 1.807) is 0 Å². The summed E-state index contributed by atoms with van der Waals surface area (Å²) in [5, 5.41) is 6.80. The van der Waals surface area contributed by atoms with Crippen LogP contribution in [-0.4, -0.2) is 24.5 Å². The second kappa shape index (κ2) is 6.45. The Morgan fingerprint density at radius 1 is 1.30 bits per heavy atom. The van der Waals surface area contributed by atoms with Crippen LogP contribution in [0.4, 0.5) is 0 Å². The fourth-order valence-electron chi connectivity index (χ4n) is 4.70. The molecule has 3 aliphatic rings. The van der Waals surface area contributed by atoms with Crippen LogP contribution in [0.3, 0.4) is 0 Å². The number of rotatable bonds is 2. The van der Waals surface area contributed by atoms with Gasteiger partial charge in [0.1, 0.15) is 0 Å². The number of aryl methyl sites for hydroxylation is 1. The molecule has 126 valence electrons. The number of amides is 1. The van der Waals surface area contributed by atoms with E-state index in [2.05, 4.69) is 41.8 Å². The number of halogens is 1. The number of piperidine rings is 1. The molecule has 2 fully saturated rings. The summed E-state index contributed by atoms with van der Waals surface area (Å²) in [6.45, 7) is 3.26. The summed E-state index contributed by atoms with van der Waals surface area (Å²) in [5.74, 6) is 0.486. The number of carbonyl (C=O) groups excluding carboxylic acids is 1. The van der Waals surface area contributed by atoms with E-state index in [-0.39, 0.29) is 29.6 Å². The van der Waals surface area contributed by atoms with Crippen molar-refractivity contribution >= 4 is 18.3 Å². The first kappa shape index (κ1) is 16.8. The van der Waals surface area contributed by atoms with Crippen molar-refractivity contribution in [3.8, 4) is 0 Å². The maximum absolute atomic E-state index is 12.8. The molecule has 1 aromatic carbocycles. The van der Waals surface area contributed by atoms with Gasteiger partial charge in [-0.2, -0.15) is 0 Å². The third-order valence-corrected chi connectivity index (χ3v) is 6.10. The van der Waals surface area contributed by atoms with Gasteiger partial charge < -0.3 is 10.6 Å². The lowest BCUT2D eigenvalue weighted by Gasteiger charge is -2.31. The molecule has 4 atom stereocenters. The van der Waals surface area contributed by atoms with Crippen LogP contribution < -0.4 is 10.6 Å². The Morgan fingerprint density at radius 3 is 2.96 bits per heavy atom. The van der Waals surface area contributed by atoms with E-state index in [0.29, 0.717) is 12.1 Å². The van der Waals surface area contributed by atoms with Crippen LogP contribution in [-0.2, 0) is 16.6 Å². The molecule has 0 radical (unpaired) electrons. The highest BCUT2D eigenvalue weighted by Crippen LogP contribution is 2.60. The lowest BCUT2D eigenvalue weighted by atomic mass is 9.78. The first-order valence-corrected chi connectivity index (χ1v) is 8.83. The molecule has 3 nitrogen and oxygen atoms in total. The minimum absolute atomic E-state index is 0. The normalized spacial score (nSPS) is 35.1. The molecule has 1 aromatic rings. The highest BCUT2D eigenvalue weighted by atomic mass is 35.5. The molecule has 1 heterocycles. The maximum Gasteiger partial charge on any atom is 0.224 e. The summed E-state index contributed by atoms with van der Waals surface area (Å²) in [5.41, 5.74) is 3.08. The highest BCUT2D eigenvalue weighted by Gasteiger charge is 2.60. The summed E-state index contributed by atoms with van der Waals surface area (Å²) in [7, 11) is 0. The zero-order valence-electron chi connectivity index (χ0n) is 13.8. The van der Waals surface area contributed by atoms with Crippen molar-refractivity contribution in [1.82, 2.24) is 10.6 Å².